The summed E-state index contributed by atoms with van der Waals surface area (Å²) in [6.45, 7) is 7.13. The minimum Gasteiger partial charge on any atom is -0.460 e. The van der Waals surface area contributed by atoms with Crippen molar-refractivity contribution in [3.63, 3.8) is 0 Å². The summed E-state index contributed by atoms with van der Waals surface area (Å²) >= 11 is 0. The van der Waals surface area contributed by atoms with Crippen LogP contribution >= 0.6 is 0 Å². The van der Waals surface area contributed by atoms with Crippen LogP contribution in [0.5, 0.6) is 0 Å². The molecule has 2 heterocycles. The normalized spacial score (nSPS) is 13.1. The highest BCUT2D eigenvalue weighted by Crippen LogP contribution is 2.23. The van der Waals surface area contributed by atoms with Gasteiger partial charge in [0.2, 0.25) is 0 Å². The van der Waals surface area contributed by atoms with Gasteiger partial charge in [0.15, 0.2) is 5.76 Å². The average molecular weight is 263 g/mol. The first-order chi connectivity index (χ1) is 9.08. The van der Waals surface area contributed by atoms with Gasteiger partial charge in [0.25, 0.3) is 0 Å². The summed E-state index contributed by atoms with van der Waals surface area (Å²) < 4.78 is 5.59. The van der Waals surface area contributed by atoms with Gasteiger partial charge in [-0.25, -0.2) is 0 Å². The SMILES string of the molecule is Cc1ccc(-c2[nH]ncc2CNCC(O)C(C)C)o1. The highest BCUT2D eigenvalue weighted by Gasteiger charge is 2.12. The minimum atomic E-state index is -0.332. The Kier molecular flexibility index (Phi) is 4.39. The number of aliphatic hydroxyl groups is 1. The molecular weight excluding hydrogens is 242 g/mol. The fourth-order valence-corrected chi connectivity index (χ4v) is 1.82. The van der Waals surface area contributed by atoms with Crippen molar-refractivity contribution in [3.8, 4) is 11.5 Å². The zero-order valence-corrected chi connectivity index (χ0v) is 11.6. The second kappa shape index (κ2) is 6.04. The van der Waals surface area contributed by atoms with Crippen molar-refractivity contribution in [3.05, 3.63) is 29.7 Å². The van der Waals surface area contributed by atoms with E-state index in [0.29, 0.717) is 13.1 Å². The third-order valence-electron chi connectivity index (χ3n) is 3.14. The molecule has 0 bridgehead atoms. The Balaban J connectivity index is 1.97. The lowest BCUT2D eigenvalue weighted by Crippen LogP contribution is -2.30. The third-order valence-corrected chi connectivity index (χ3v) is 3.14. The van der Waals surface area contributed by atoms with Gasteiger partial charge in [-0.05, 0) is 25.0 Å². The van der Waals surface area contributed by atoms with E-state index >= 15 is 0 Å². The van der Waals surface area contributed by atoms with Crippen LogP contribution in [0.2, 0.25) is 0 Å². The predicted molar refractivity (Wildman–Crippen MR) is 73.6 cm³/mol. The highest BCUT2D eigenvalue weighted by molar-refractivity contribution is 5.56. The van der Waals surface area contributed by atoms with E-state index in [-0.39, 0.29) is 12.0 Å². The maximum atomic E-state index is 9.74. The second-order valence-electron chi connectivity index (χ2n) is 5.12. The van der Waals surface area contributed by atoms with Crippen LogP contribution in [-0.2, 0) is 6.54 Å². The van der Waals surface area contributed by atoms with Crippen molar-refractivity contribution >= 4 is 0 Å². The van der Waals surface area contributed by atoms with Crippen molar-refractivity contribution in [2.45, 2.75) is 33.4 Å². The van der Waals surface area contributed by atoms with E-state index < -0.39 is 0 Å². The molecule has 0 aliphatic heterocycles. The standard InChI is InChI=1S/C14H21N3O2/c1-9(2)12(18)8-15-6-11-7-16-17-14(11)13-5-4-10(3)19-13/h4-5,7,9,12,15,18H,6,8H2,1-3H3,(H,16,17). The zero-order chi connectivity index (χ0) is 13.8. The van der Waals surface area contributed by atoms with Crippen LogP contribution < -0.4 is 5.32 Å². The van der Waals surface area contributed by atoms with Gasteiger partial charge >= 0.3 is 0 Å². The predicted octanol–water partition coefficient (Wildman–Crippen LogP) is 2.08. The van der Waals surface area contributed by atoms with Crippen LogP contribution in [-0.4, -0.2) is 28.0 Å². The molecular formula is C14H21N3O2. The lowest BCUT2D eigenvalue weighted by molar-refractivity contribution is 0.123. The van der Waals surface area contributed by atoms with Gasteiger partial charge in [0.1, 0.15) is 11.5 Å². The number of nitrogens with zero attached hydrogens (tertiary/aromatic N) is 1. The molecule has 0 saturated carbocycles. The summed E-state index contributed by atoms with van der Waals surface area (Å²) in [6.07, 6.45) is 1.45. The molecule has 0 spiro atoms. The second-order valence-corrected chi connectivity index (χ2v) is 5.12. The number of aryl methyl sites for hydroxylation is 1. The first kappa shape index (κ1) is 13.8. The zero-order valence-electron chi connectivity index (χ0n) is 11.6. The largest absolute Gasteiger partial charge is 0.460 e. The molecule has 0 amide bonds. The lowest BCUT2D eigenvalue weighted by atomic mass is 10.1. The fourth-order valence-electron chi connectivity index (χ4n) is 1.82. The molecule has 0 fully saturated rings. The van der Waals surface area contributed by atoms with E-state index in [4.69, 9.17) is 4.42 Å². The van der Waals surface area contributed by atoms with Crippen molar-refractivity contribution < 1.29 is 9.52 Å². The van der Waals surface area contributed by atoms with Gasteiger partial charge in [0.05, 0.1) is 12.3 Å². The van der Waals surface area contributed by atoms with Crippen LogP contribution in [0, 0.1) is 12.8 Å². The van der Waals surface area contributed by atoms with Gasteiger partial charge in [-0.3, -0.25) is 5.10 Å². The van der Waals surface area contributed by atoms with Crippen LogP contribution in [0.15, 0.2) is 22.7 Å². The maximum Gasteiger partial charge on any atom is 0.152 e. The Morgan fingerprint density at radius 2 is 2.21 bits per heavy atom. The number of H-pyrrole nitrogens is 1. The topological polar surface area (TPSA) is 74.1 Å². The number of nitrogens with one attached hydrogen (secondary N) is 2. The first-order valence-corrected chi connectivity index (χ1v) is 6.55. The third kappa shape index (κ3) is 3.45. The molecule has 0 radical (unpaired) electrons. The summed E-state index contributed by atoms with van der Waals surface area (Å²) in [4.78, 5) is 0. The minimum absolute atomic E-state index is 0.254. The van der Waals surface area contributed by atoms with Gasteiger partial charge in [-0.1, -0.05) is 13.8 Å². The Labute approximate surface area is 113 Å². The number of furan rings is 1. The molecule has 2 aromatic rings. The number of aliphatic hydroxyl groups excluding tert-OH is 1. The summed E-state index contributed by atoms with van der Waals surface area (Å²) in [6, 6.07) is 3.85. The van der Waals surface area contributed by atoms with E-state index in [2.05, 4.69) is 15.5 Å². The first-order valence-electron chi connectivity index (χ1n) is 6.55. The summed E-state index contributed by atoms with van der Waals surface area (Å²) in [7, 11) is 0. The highest BCUT2D eigenvalue weighted by atomic mass is 16.3. The van der Waals surface area contributed by atoms with Crippen molar-refractivity contribution in [1.29, 1.82) is 0 Å². The van der Waals surface area contributed by atoms with Crippen LogP contribution in [0.3, 0.4) is 0 Å². The van der Waals surface area contributed by atoms with Crippen molar-refractivity contribution in [2.75, 3.05) is 6.54 Å². The quantitative estimate of drug-likeness (QED) is 0.746. The molecule has 3 N–H and O–H groups in total. The Morgan fingerprint density at radius 1 is 1.42 bits per heavy atom. The molecule has 2 rings (SSSR count). The van der Waals surface area contributed by atoms with Gasteiger partial charge < -0.3 is 14.8 Å². The number of aromatic nitrogens is 2. The van der Waals surface area contributed by atoms with E-state index in [9.17, 15) is 5.11 Å². The summed E-state index contributed by atoms with van der Waals surface area (Å²) in [5.41, 5.74) is 1.92. The fraction of sp³-hybridized carbons (Fsp3) is 0.500. The number of hydrogen-bond acceptors (Lipinski definition) is 4. The van der Waals surface area contributed by atoms with E-state index in [1.807, 2.05) is 32.9 Å². The molecule has 19 heavy (non-hydrogen) atoms. The van der Waals surface area contributed by atoms with Crippen LogP contribution in [0.1, 0.15) is 25.2 Å². The number of hydrogen-bond donors (Lipinski definition) is 3. The molecule has 104 valence electrons. The van der Waals surface area contributed by atoms with E-state index in [1.54, 1.807) is 6.20 Å². The molecule has 5 heteroatoms. The molecule has 2 aromatic heterocycles. The number of rotatable bonds is 6. The van der Waals surface area contributed by atoms with E-state index in [0.717, 1.165) is 22.8 Å². The molecule has 5 nitrogen and oxygen atoms in total. The van der Waals surface area contributed by atoms with Crippen LogP contribution in [0.4, 0.5) is 0 Å². The molecule has 1 unspecified atom stereocenters. The maximum absolute atomic E-state index is 9.74. The van der Waals surface area contributed by atoms with Gasteiger partial charge in [0, 0.05) is 18.7 Å². The molecule has 1 atom stereocenters. The lowest BCUT2D eigenvalue weighted by Gasteiger charge is -2.14. The molecule has 0 aliphatic rings. The Bertz CT molecular complexity index is 516. The summed E-state index contributed by atoms with van der Waals surface area (Å²) in [5, 5.41) is 20.0. The molecule has 0 aromatic carbocycles. The Hall–Kier alpha value is -1.59. The van der Waals surface area contributed by atoms with Crippen molar-refractivity contribution in [1.82, 2.24) is 15.5 Å². The summed E-state index contributed by atoms with van der Waals surface area (Å²) in [5.74, 6) is 1.92. The van der Waals surface area contributed by atoms with Gasteiger partial charge in [-0.2, -0.15) is 5.10 Å². The monoisotopic (exact) mass is 263 g/mol. The van der Waals surface area contributed by atoms with Crippen LogP contribution in [0.25, 0.3) is 11.5 Å². The van der Waals surface area contributed by atoms with Gasteiger partial charge in [-0.15, -0.1) is 0 Å². The molecule has 0 aliphatic carbocycles. The average Bonchev–Trinajstić information content (AvgIpc) is 2.97. The number of aromatic amines is 1. The molecule has 0 saturated heterocycles. The smallest absolute Gasteiger partial charge is 0.152 e. The van der Waals surface area contributed by atoms with E-state index in [1.165, 1.54) is 0 Å². The Morgan fingerprint density at radius 3 is 2.84 bits per heavy atom. The van der Waals surface area contributed by atoms with Crippen molar-refractivity contribution in [2.24, 2.45) is 5.92 Å².